The minimum absolute atomic E-state index is 0. The molecule has 11 rings (SSSR count). The van der Waals surface area contributed by atoms with Gasteiger partial charge in [-0.3, -0.25) is 0 Å². The Hall–Kier alpha value is -5.66. The molecule has 0 saturated heterocycles. The van der Waals surface area contributed by atoms with E-state index >= 15 is 0 Å². The fourth-order valence-electron chi connectivity index (χ4n) is 9.73. The van der Waals surface area contributed by atoms with Crippen molar-refractivity contribution in [3.63, 3.8) is 0 Å². The minimum Gasteiger partial charge on any atom is -0.309 e. The first-order chi connectivity index (χ1) is 23.1. The molecule has 3 aliphatic carbocycles. The topological polar surface area (TPSA) is 4.93 Å². The van der Waals surface area contributed by atoms with Crippen LogP contribution in [0.4, 0.5) is 0 Å². The van der Waals surface area contributed by atoms with E-state index < -0.39 is 0 Å². The summed E-state index contributed by atoms with van der Waals surface area (Å²) in [4.78, 5) is 0. The monoisotopic (exact) mass is 615 g/mol. The van der Waals surface area contributed by atoms with Crippen LogP contribution < -0.4 is 0 Å². The highest BCUT2D eigenvalue weighted by Crippen LogP contribution is 2.63. The second-order valence-corrected chi connectivity index (χ2v) is 14.0. The molecule has 0 amide bonds. The number of nitrogens with zero attached hydrogens (tertiary/aromatic N) is 1. The Morgan fingerprint density at radius 2 is 0.938 bits per heavy atom. The van der Waals surface area contributed by atoms with Crippen LogP contribution in [-0.2, 0) is 10.8 Å². The Balaban J connectivity index is 0.00000162. The number of para-hydroxylation sites is 1. The molecule has 1 heteroatoms. The van der Waals surface area contributed by atoms with Crippen molar-refractivity contribution in [2.45, 2.75) is 32.1 Å². The second-order valence-electron chi connectivity index (χ2n) is 14.0. The molecule has 1 nitrogen and oxygen atoms in total. The van der Waals surface area contributed by atoms with Crippen LogP contribution in [0.3, 0.4) is 0 Å². The van der Waals surface area contributed by atoms with Crippen LogP contribution in [-0.4, -0.2) is 4.57 Å². The summed E-state index contributed by atoms with van der Waals surface area (Å²) < 4.78 is 2.56. The first-order valence-electron chi connectivity index (χ1n) is 16.7. The van der Waals surface area contributed by atoms with Crippen LogP contribution in [0.15, 0.2) is 152 Å². The van der Waals surface area contributed by atoms with Crippen molar-refractivity contribution in [3.05, 3.63) is 185 Å². The number of benzene rings is 7. The predicted octanol–water partition coefficient (Wildman–Crippen LogP) is 12.3. The fraction of sp³-hybridized carbons (Fsp3) is 0.106. The van der Waals surface area contributed by atoms with Gasteiger partial charge in [0.1, 0.15) is 0 Å². The number of hydrogen-bond donors (Lipinski definition) is 0. The Labute approximate surface area is 283 Å². The lowest BCUT2D eigenvalue weighted by Gasteiger charge is -2.30. The van der Waals surface area contributed by atoms with Crippen molar-refractivity contribution in [1.82, 2.24) is 4.57 Å². The third-order valence-corrected chi connectivity index (χ3v) is 11.6. The van der Waals surface area contributed by atoms with Crippen molar-refractivity contribution < 1.29 is 1.43 Å². The van der Waals surface area contributed by atoms with E-state index in [4.69, 9.17) is 0 Å². The van der Waals surface area contributed by atoms with Crippen LogP contribution in [0.25, 0.3) is 60.9 Å². The zero-order chi connectivity index (χ0) is 31.1. The van der Waals surface area contributed by atoms with Gasteiger partial charge in [-0.25, -0.2) is 0 Å². The van der Waals surface area contributed by atoms with E-state index in [1.165, 1.54) is 94.3 Å². The normalized spacial score (nSPS) is 15.0. The summed E-state index contributed by atoms with van der Waals surface area (Å²) in [5.41, 5.74) is 19.7. The average Bonchev–Trinajstić information content (AvgIpc) is 3.78. The summed E-state index contributed by atoms with van der Waals surface area (Å²) in [6.07, 6.45) is 0. The molecule has 0 radical (unpaired) electrons. The lowest BCUT2D eigenvalue weighted by molar-refractivity contribution is 0.661. The highest BCUT2D eigenvalue weighted by atomic mass is 15.0. The summed E-state index contributed by atoms with van der Waals surface area (Å²) in [6, 6.07) is 57.2. The van der Waals surface area contributed by atoms with Crippen molar-refractivity contribution in [3.8, 4) is 39.1 Å². The maximum absolute atomic E-state index is 2.56. The van der Waals surface area contributed by atoms with Gasteiger partial charge in [-0.1, -0.05) is 149 Å². The molecular formula is C47H37N. The maximum atomic E-state index is 2.56. The van der Waals surface area contributed by atoms with Gasteiger partial charge in [0.05, 0.1) is 22.1 Å². The molecule has 0 fully saturated rings. The van der Waals surface area contributed by atoms with Gasteiger partial charge in [0.15, 0.2) is 0 Å². The van der Waals surface area contributed by atoms with E-state index in [1.54, 1.807) is 0 Å². The molecule has 0 bridgehead atoms. The molecule has 1 aromatic heterocycles. The zero-order valence-corrected chi connectivity index (χ0v) is 26.4. The highest BCUT2D eigenvalue weighted by molar-refractivity contribution is 6.12. The van der Waals surface area contributed by atoms with Crippen molar-refractivity contribution in [2.75, 3.05) is 0 Å². The van der Waals surface area contributed by atoms with Gasteiger partial charge in [0.25, 0.3) is 0 Å². The molecule has 1 spiro atoms. The first-order valence-corrected chi connectivity index (χ1v) is 16.7. The molecule has 0 N–H and O–H groups in total. The standard InChI is InChI=1S/C46H31N.CH4.H2/c1-45(2)35-19-8-3-16-30(35)33-26-34-31-17-7-12-24-41(31)47(43(34)27-40(33)45)42-25-13-23-39-44(42)32-18-6-11-22-38(32)46(39)36-20-9-4-14-28(36)29-15-5-10-21-37(29)46;;/h3-27H,1-2H3;1H4;1H. The van der Waals surface area contributed by atoms with Gasteiger partial charge in [-0.2, -0.15) is 0 Å². The Morgan fingerprint density at radius 1 is 0.417 bits per heavy atom. The minimum atomic E-state index is -0.362. The van der Waals surface area contributed by atoms with Crippen molar-refractivity contribution >= 4 is 21.8 Å². The summed E-state index contributed by atoms with van der Waals surface area (Å²) in [5.74, 6) is 0. The smallest absolute Gasteiger partial charge is 0.0726 e. The van der Waals surface area contributed by atoms with E-state index in [0.717, 1.165) is 0 Å². The molecule has 0 saturated carbocycles. The van der Waals surface area contributed by atoms with Crippen LogP contribution in [0, 0.1) is 0 Å². The quantitative estimate of drug-likeness (QED) is 0.173. The highest BCUT2D eigenvalue weighted by Gasteiger charge is 2.52. The van der Waals surface area contributed by atoms with E-state index in [9.17, 15) is 0 Å². The Kier molecular flexibility index (Phi) is 5.28. The second kappa shape index (κ2) is 9.24. The molecule has 1 heterocycles. The lowest BCUT2D eigenvalue weighted by atomic mass is 9.70. The van der Waals surface area contributed by atoms with E-state index in [2.05, 4.69) is 170 Å². The third-order valence-electron chi connectivity index (χ3n) is 11.6. The van der Waals surface area contributed by atoms with E-state index in [1.807, 2.05) is 0 Å². The van der Waals surface area contributed by atoms with Gasteiger partial charge in [0, 0.05) is 23.2 Å². The Bertz CT molecular complexity index is 2630. The van der Waals surface area contributed by atoms with Crippen molar-refractivity contribution in [2.24, 2.45) is 0 Å². The van der Waals surface area contributed by atoms with Crippen LogP contribution in [0.5, 0.6) is 0 Å². The molecule has 3 aliphatic rings. The molecule has 230 valence electrons. The predicted molar refractivity (Wildman–Crippen MR) is 203 cm³/mol. The SMILES string of the molecule is C.CC1(C)c2ccccc2-c2cc3c4ccccc4n(-c4cccc5c4-c4ccccc4C54c5ccccc5-c5ccccc54)c3cc21.[HH]. The fourth-order valence-corrected chi connectivity index (χ4v) is 9.73. The third kappa shape index (κ3) is 3.04. The van der Waals surface area contributed by atoms with Gasteiger partial charge in [-0.15, -0.1) is 0 Å². The number of aromatic nitrogens is 1. The summed E-state index contributed by atoms with van der Waals surface area (Å²) >= 11 is 0. The van der Waals surface area contributed by atoms with Gasteiger partial charge < -0.3 is 4.57 Å². The molecule has 7 aromatic carbocycles. The van der Waals surface area contributed by atoms with Gasteiger partial charge >= 0.3 is 0 Å². The average molecular weight is 616 g/mol. The van der Waals surface area contributed by atoms with Crippen molar-refractivity contribution in [1.29, 1.82) is 0 Å². The largest absolute Gasteiger partial charge is 0.309 e. The van der Waals surface area contributed by atoms with E-state index in [0.29, 0.717) is 0 Å². The molecular weight excluding hydrogens is 579 g/mol. The Morgan fingerprint density at radius 3 is 1.62 bits per heavy atom. The maximum Gasteiger partial charge on any atom is 0.0726 e. The zero-order valence-electron chi connectivity index (χ0n) is 26.4. The van der Waals surface area contributed by atoms with Crippen LogP contribution in [0.1, 0.15) is 56.1 Å². The summed E-state index contributed by atoms with van der Waals surface area (Å²) in [6.45, 7) is 4.76. The van der Waals surface area contributed by atoms with Gasteiger partial charge in [-0.05, 0) is 85.5 Å². The summed E-state index contributed by atoms with van der Waals surface area (Å²) in [7, 11) is 0. The first kappa shape index (κ1) is 27.5. The molecule has 48 heavy (non-hydrogen) atoms. The van der Waals surface area contributed by atoms with Gasteiger partial charge in [0.2, 0.25) is 0 Å². The molecule has 0 aliphatic heterocycles. The molecule has 0 unspecified atom stereocenters. The van der Waals surface area contributed by atoms with Crippen LogP contribution in [0.2, 0.25) is 0 Å². The molecule has 8 aromatic rings. The lowest BCUT2D eigenvalue weighted by Crippen LogP contribution is -2.25. The number of rotatable bonds is 1. The van der Waals surface area contributed by atoms with E-state index in [-0.39, 0.29) is 19.7 Å². The van der Waals surface area contributed by atoms with Crippen LogP contribution >= 0.6 is 0 Å². The summed E-state index contributed by atoms with van der Waals surface area (Å²) in [5, 5.41) is 2.60. The number of hydrogen-bond acceptors (Lipinski definition) is 0. The number of fused-ring (bicyclic) bond motifs is 16. The molecule has 0 atom stereocenters.